The molecular formula is C11H12BrNO2. The first-order chi connectivity index (χ1) is 7.26. The molecule has 2 rings (SSSR count). The Morgan fingerprint density at radius 2 is 2.33 bits per heavy atom. The zero-order valence-corrected chi connectivity index (χ0v) is 10.1. The fourth-order valence-electron chi connectivity index (χ4n) is 1.75. The Balaban J connectivity index is 2.37. The zero-order chi connectivity index (χ0) is 10.8. The topological polar surface area (TPSA) is 29.5 Å². The van der Waals surface area contributed by atoms with Gasteiger partial charge in [-0.1, -0.05) is 15.9 Å². The Morgan fingerprint density at radius 3 is 3.00 bits per heavy atom. The van der Waals surface area contributed by atoms with Gasteiger partial charge in [0.05, 0.1) is 12.6 Å². The van der Waals surface area contributed by atoms with Crippen molar-refractivity contribution in [3.63, 3.8) is 0 Å². The van der Waals surface area contributed by atoms with Gasteiger partial charge in [-0.2, -0.15) is 0 Å². The van der Waals surface area contributed by atoms with E-state index in [1.165, 1.54) is 0 Å². The summed E-state index contributed by atoms with van der Waals surface area (Å²) in [5.74, 6) is 0.907. The van der Waals surface area contributed by atoms with Crippen LogP contribution in [-0.4, -0.2) is 29.9 Å². The zero-order valence-electron chi connectivity index (χ0n) is 8.50. The Labute approximate surface area is 97.2 Å². The molecular weight excluding hydrogens is 258 g/mol. The van der Waals surface area contributed by atoms with Gasteiger partial charge in [0.25, 0.3) is 5.91 Å². The monoisotopic (exact) mass is 269 g/mol. The van der Waals surface area contributed by atoms with Crippen LogP contribution >= 0.6 is 15.9 Å². The number of ether oxygens (including phenoxy) is 1. The lowest BCUT2D eigenvalue weighted by atomic mass is 9.99. The molecule has 1 aliphatic heterocycles. The lowest BCUT2D eigenvalue weighted by Gasteiger charge is -2.26. The van der Waals surface area contributed by atoms with Crippen LogP contribution in [0.2, 0.25) is 0 Å². The van der Waals surface area contributed by atoms with E-state index >= 15 is 0 Å². The van der Waals surface area contributed by atoms with E-state index in [0.29, 0.717) is 5.45 Å². The van der Waals surface area contributed by atoms with Crippen molar-refractivity contribution in [2.75, 3.05) is 19.1 Å². The van der Waals surface area contributed by atoms with Crippen molar-refractivity contribution in [3.05, 3.63) is 29.3 Å². The third kappa shape index (κ3) is 1.86. The first-order valence-electron chi connectivity index (χ1n) is 4.78. The van der Waals surface area contributed by atoms with Crippen LogP contribution in [-0.2, 0) is 6.42 Å². The summed E-state index contributed by atoms with van der Waals surface area (Å²) in [6.07, 6.45) is 0.893. The van der Waals surface area contributed by atoms with Crippen molar-refractivity contribution in [2.24, 2.45) is 0 Å². The maximum Gasteiger partial charge on any atom is 0.254 e. The fraction of sp³-hybridized carbons (Fsp3) is 0.364. The van der Waals surface area contributed by atoms with E-state index < -0.39 is 0 Å². The highest BCUT2D eigenvalue weighted by atomic mass is 79.9. The molecule has 0 spiro atoms. The van der Waals surface area contributed by atoms with Crippen LogP contribution in [0, 0.1) is 0 Å². The van der Waals surface area contributed by atoms with Crippen molar-refractivity contribution in [2.45, 2.75) is 6.42 Å². The quantitative estimate of drug-likeness (QED) is 0.608. The molecule has 0 aromatic heterocycles. The van der Waals surface area contributed by atoms with Gasteiger partial charge in [-0.15, -0.1) is 0 Å². The minimum Gasteiger partial charge on any atom is -0.497 e. The summed E-state index contributed by atoms with van der Waals surface area (Å²) in [5, 5.41) is 0. The summed E-state index contributed by atoms with van der Waals surface area (Å²) in [7, 11) is 1.64. The third-order valence-corrected chi connectivity index (χ3v) is 3.23. The number of alkyl halides is 1. The fourth-order valence-corrected chi connectivity index (χ4v) is 2.23. The minimum absolute atomic E-state index is 0.0933. The minimum atomic E-state index is 0.0933. The Bertz CT molecular complexity index is 392. The van der Waals surface area contributed by atoms with E-state index in [9.17, 15) is 4.79 Å². The molecule has 1 heterocycles. The molecule has 0 bridgehead atoms. The SMILES string of the molecule is COc1ccc2c(c1)CCN(CBr)C2=O. The number of methoxy groups -OCH3 is 1. The highest BCUT2D eigenvalue weighted by Gasteiger charge is 2.23. The molecule has 1 aromatic rings. The maximum absolute atomic E-state index is 11.9. The van der Waals surface area contributed by atoms with E-state index in [2.05, 4.69) is 15.9 Å². The second kappa shape index (κ2) is 4.23. The van der Waals surface area contributed by atoms with E-state index in [1.54, 1.807) is 12.0 Å². The molecule has 0 saturated carbocycles. The number of rotatable bonds is 2. The average molecular weight is 270 g/mol. The average Bonchev–Trinajstić information content (AvgIpc) is 2.29. The van der Waals surface area contributed by atoms with Crippen molar-refractivity contribution < 1.29 is 9.53 Å². The lowest BCUT2D eigenvalue weighted by Crippen LogP contribution is -2.36. The van der Waals surface area contributed by atoms with Crippen LogP contribution in [0.25, 0.3) is 0 Å². The Morgan fingerprint density at radius 1 is 1.53 bits per heavy atom. The number of amides is 1. The summed E-state index contributed by atoms with van der Waals surface area (Å²) < 4.78 is 5.13. The van der Waals surface area contributed by atoms with Gasteiger partial charge < -0.3 is 9.64 Å². The molecule has 0 saturated heterocycles. The maximum atomic E-state index is 11.9. The number of fused-ring (bicyclic) bond motifs is 1. The summed E-state index contributed by atoms with van der Waals surface area (Å²) in [4.78, 5) is 13.7. The van der Waals surface area contributed by atoms with Crippen molar-refractivity contribution in [1.82, 2.24) is 4.90 Å². The van der Waals surface area contributed by atoms with Crippen LogP contribution in [0.3, 0.4) is 0 Å². The standard InChI is InChI=1S/C11H12BrNO2/c1-15-9-2-3-10-8(6-9)4-5-13(7-12)11(10)14/h2-3,6H,4-5,7H2,1H3. The lowest BCUT2D eigenvalue weighted by molar-refractivity contribution is 0.0773. The normalized spacial score (nSPS) is 15.1. The number of hydrogen-bond acceptors (Lipinski definition) is 2. The summed E-state index contributed by atoms with van der Waals surface area (Å²) in [6, 6.07) is 5.61. The third-order valence-electron chi connectivity index (χ3n) is 2.63. The number of nitrogens with zero attached hydrogens (tertiary/aromatic N) is 1. The molecule has 1 amide bonds. The van der Waals surface area contributed by atoms with Crippen molar-refractivity contribution in [1.29, 1.82) is 0 Å². The second-order valence-electron chi connectivity index (χ2n) is 3.46. The first kappa shape index (κ1) is 10.5. The van der Waals surface area contributed by atoms with Gasteiger partial charge in [0, 0.05) is 12.1 Å². The predicted molar refractivity (Wildman–Crippen MR) is 61.5 cm³/mol. The molecule has 0 fully saturated rings. The largest absolute Gasteiger partial charge is 0.497 e. The molecule has 1 aliphatic rings. The predicted octanol–water partition coefficient (Wildman–Crippen LogP) is 2.05. The van der Waals surface area contributed by atoms with Crippen molar-refractivity contribution >= 4 is 21.8 Å². The van der Waals surface area contributed by atoms with Crippen LogP contribution < -0.4 is 4.74 Å². The molecule has 0 atom stereocenters. The van der Waals surface area contributed by atoms with Gasteiger partial charge in [-0.05, 0) is 30.2 Å². The molecule has 0 radical (unpaired) electrons. The number of halogens is 1. The number of benzene rings is 1. The number of carbonyl (C=O) groups is 1. The van der Waals surface area contributed by atoms with E-state index in [-0.39, 0.29) is 5.91 Å². The molecule has 3 nitrogen and oxygen atoms in total. The number of hydrogen-bond donors (Lipinski definition) is 0. The summed E-state index contributed by atoms with van der Waals surface area (Å²) in [6.45, 7) is 0.768. The highest BCUT2D eigenvalue weighted by molar-refractivity contribution is 9.09. The van der Waals surface area contributed by atoms with E-state index in [4.69, 9.17) is 4.74 Å². The van der Waals surface area contributed by atoms with Crippen LogP contribution in [0.5, 0.6) is 5.75 Å². The molecule has 15 heavy (non-hydrogen) atoms. The van der Waals surface area contributed by atoms with Crippen LogP contribution in [0.4, 0.5) is 0 Å². The molecule has 4 heteroatoms. The smallest absolute Gasteiger partial charge is 0.254 e. The van der Waals surface area contributed by atoms with Crippen LogP contribution in [0.1, 0.15) is 15.9 Å². The second-order valence-corrected chi connectivity index (χ2v) is 3.96. The van der Waals surface area contributed by atoms with Gasteiger partial charge >= 0.3 is 0 Å². The van der Waals surface area contributed by atoms with Gasteiger partial charge in [0.15, 0.2) is 0 Å². The molecule has 0 unspecified atom stereocenters. The summed E-state index contributed by atoms with van der Waals surface area (Å²) >= 11 is 3.31. The van der Waals surface area contributed by atoms with Gasteiger partial charge in [-0.25, -0.2) is 0 Å². The van der Waals surface area contributed by atoms with Gasteiger partial charge in [0.1, 0.15) is 5.75 Å². The molecule has 0 N–H and O–H groups in total. The summed E-state index contributed by atoms with van der Waals surface area (Å²) in [5.41, 5.74) is 2.47. The molecule has 0 aliphatic carbocycles. The highest BCUT2D eigenvalue weighted by Crippen LogP contribution is 2.23. The number of carbonyl (C=O) groups excluding carboxylic acids is 1. The first-order valence-corrected chi connectivity index (χ1v) is 5.90. The Hall–Kier alpha value is -1.03. The molecule has 80 valence electrons. The van der Waals surface area contributed by atoms with Crippen molar-refractivity contribution in [3.8, 4) is 5.75 Å². The van der Waals surface area contributed by atoms with Gasteiger partial charge in [0.2, 0.25) is 0 Å². The Kier molecular flexibility index (Phi) is 2.95. The van der Waals surface area contributed by atoms with E-state index in [1.807, 2.05) is 18.2 Å². The van der Waals surface area contributed by atoms with E-state index in [0.717, 1.165) is 29.8 Å². The van der Waals surface area contributed by atoms with Crippen LogP contribution in [0.15, 0.2) is 18.2 Å². The molecule has 1 aromatic carbocycles. The van der Waals surface area contributed by atoms with Gasteiger partial charge in [-0.3, -0.25) is 4.79 Å².